The smallest absolute Gasteiger partial charge is 0.272 e. The third-order valence-electron chi connectivity index (χ3n) is 4.91. The fourth-order valence-electron chi connectivity index (χ4n) is 3.37. The minimum atomic E-state index is -0.249. The van der Waals surface area contributed by atoms with Gasteiger partial charge in [0.15, 0.2) is 0 Å². The molecule has 2 aromatic carbocycles. The molecule has 0 unspecified atom stereocenters. The Morgan fingerprint density at radius 2 is 1.79 bits per heavy atom. The first kappa shape index (κ1) is 18.9. The second kappa shape index (κ2) is 8.26. The summed E-state index contributed by atoms with van der Waals surface area (Å²) in [5.74, 6) is 0.0336. The lowest BCUT2D eigenvalue weighted by Gasteiger charge is -2.36. The number of hydrogen-bond acceptors (Lipinski definition) is 5. The summed E-state index contributed by atoms with van der Waals surface area (Å²) in [5.41, 5.74) is 3.33. The van der Waals surface area contributed by atoms with Gasteiger partial charge in [0.05, 0.1) is 0 Å². The van der Waals surface area contributed by atoms with Gasteiger partial charge in [-0.1, -0.05) is 12.1 Å². The van der Waals surface area contributed by atoms with Gasteiger partial charge in [-0.05, 0) is 55.0 Å². The SMILES string of the molecule is Cc1cccc(Nc2nccc(C(=O)N3CCN(c4ccc(F)cc4)CC3)n2)c1. The fraction of sp³-hybridized carbons (Fsp3) is 0.227. The van der Waals surface area contributed by atoms with Gasteiger partial charge >= 0.3 is 0 Å². The molecule has 1 aliphatic heterocycles. The van der Waals surface area contributed by atoms with Crippen LogP contribution in [0.4, 0.5) is 21.7 Å². The Morgan fingerprint density at radius 1 is 1.03 bits per heavy atom. The first-order valence-electron chi connectivity index (χ1n) is 9.55. The average molecular weight is 391 g/mol. The molecule has 0 spiro atoms. The Bertz CT molecular complexity index is 1000. The van der Waals surface area contributed by atoms with Gasteiger partial charge in [0, 0.05) is 43.8 Å². The van der Waals surface area contributed by atoms with Gasteiger partial charge in [0.1, 0.15) is 11.5 Å². The molecule has 1 aliphatic rings. The highest BCUT2D eigenvalue weighted by Crippen LogP contribution is 2.18. The number of benzene rings is 2. The highest BCUT2D eigenvalue weighted by atomic mass is 19.1. The van der Waals surface area contributed by atoms with E-state index in [1.807, 2.05) is 31.2 Å². The van der Waals surface area contributed by atoms with Gasteiger partial charge in [0.2, 0.25) is 5.95 Å². The second-order valence-corrected chi connectivity index (χ2v) is 7.02. The predicted molar refractivity (Wildman–Crippen MR) is 111 cm³/mol. The van der Waals surface area contributed by atoms with E-state index in [9.17, 15) is 9.18 Å². The third kappa shape index (κ3) is 4.51. The van der Waals surface area contributed by atoms with E-state index < -0.39 is 0 Å². The molecule has 0 aliphatic carbocycles. The number of anilines is 3. The van der Waals surface area contributed by atoms with Crippen LogP contribution < -0.4 is 10.2 Å². The van der Waals surface area contributed by atoms with Crippen LogP contribution in [0.1, 0.15) is 16.1 Å². The van der Waals surface area contributed by atoms with Gasteiger partial charge in [-0.2, -0.15) is 0 Å². The van der Waals surface area contributed by atoms with Crippen LogP contribution >= 0.6 is 0 Å². The number of carbonyl (C=O) groups excluding carboxylic acids is 1. The number of rotatable bonds is 4. The van der Waals surface area contributed by atoms with Crippen LogP contribution in [0.2, 0.25) is 0 Å². The van der Waals surface area contributed by atoms with Crippen molar-refractivity contribution in [2.75, 3.05) is 36.4 Å². The molecule has 0 radical (unpaired) electrons. The van der Waals surface area contributed by atoms with E-state index in [1.165, 1.54) is 12.1 Å². The first-order valence-corrected chi connectivity index (χ1v) is 9.55. The van der Waals surface area contributed by atoms with Crippen LogP contribution in [0.5, 0.6) is 0 Å². The Labute approximate surface area is 169 Å². The molecule has 0 atom stereocenters. The molecule has 1 N–H and O–H groups in total. The molecule has 2 heterocycles. The minimum Gasteiger partial charge on any atom is -0.368 e. The van der Waals surface area contributed by atoms with Crippen LogP contribution in [0.3, 0.4) is 0 Å². The number of amides is 1. The number of nitrogens with zero attached hydrogens (tertiary/aromatic N) is 4. The van der Waals surface area contributed by atoms with Crippen molar-refractivity contribution in [2.45, 2.75) is 6.92 Å². The number of halogens is 1. The van der Waals surface area contributed by atoms with Gasteiger partial charge in [0.25, 0.3) is 5.91 Å². The van der Waals surface area contributed by atoms with Crippen LogP contribution in [0, 0.1) is 12.7 Å². The summed E-state index contributed by atoms with van der Waals surface area (Å²) in [6.45, 7) is 4.56. The maximum Gasteiger partial charge on any atom is 0.272 e. The largest absolute Gasteiger partial charge is 0.368 e. The van der Waals surface area contributed by atoms with E-state index in [2.05, 4.69) is 20.2 Å². The maximum atomic E-state index is 13.1. The highest BCUT2D eigenvalue weighted by molar-refractivity contribution is 5.92. The summed E-state index contributed by atoms with van der Waals surface area (Å²) in [5, 5.41) is 3.14. The monoisotopic (exact) mass is 391 g/mol. The molecule has 148 valence electrons. The second-order valence-electron chi connectivity index (χ2n) is 7.02. The molecule has 4 rings (SSSR count). The lowest BCUT2D eigenvalue weighted by Crippen LogP contribution is -2.49. The normalized spacial score (nSPS) is 14.0. The number of aryl methyl sites for hydroxylation is 1. The van der Waals surface area contributed by atoms with Gasteiger partial charge in [-0.25, -0.2) is 14.4 Å². The van der Waals surface area contributed by atoms with Crippen molar-refractivity contribution in [3.63, 3.8) is 0 Å². The van der Waals surface area contributed by atoms with Crippen LogP contribution in [0.15, 0.2) is 60.8 Å². The summed E-state index contributed by atoms with van der Waals surface area (Å²) in [6.07, 6.45) is 1.59. The molecule has 3 aromatic rings. The van der Waals surface area contributed by atoms with Crippen molar-refractivity contribution < 1.29 is 9.18 Å². The van der Waals surface area contributed by atoms with Crippen LogP contribution in [-0.4, -0.2) is 47.0 Å². The zero-order valence-electron chi connectivity index (χ0n) is 16.2. The molecule has 6 nitrogen and oxygen atoms in total. The van der Waals surface area contributed by atoms with Crippen molar-refractivity contribution in [1.82, 2.24) is 14.9 Å². The van der Waals surface area contributed by atoms with Crippen molar-refractivity contribution in [3.8, 4) is 0 Å². The van der Waals surface area contributed by atoms with E-state index in [4.69, 9.17) is 0 Å². The molecule has 1 amide bonds. The van der Waals surface area contributed by atoms with E-state index in [0.717, 1.165) is 16.9 Å². The van der Waals surface area contributed by atoms with Gasteiger partial charge < -0.3 is 15.1 Å². The Kier molecular flexibility index (Phi) is 5.37. The molecule has 1 aromatic heterocycles. The van der Waals surface area contributed by atoms with E-state index in [1.54, 1.807) is 29.3 Å². The van der Waals surface area contributed by atoms with Crippen molar-refractivity contribution in [2.24, 2.45) is 0 Å². The zero-order valence-corrected chi connectivity index (χ0v) is 16.2. The first-order chi connectivity index (χ1) is 14.1. The van der Waals surface area contributed by atoms with Crippen molar-refractivity contribution in [1.29, 1.82) is 0 Å². The van der Waals surface area contributed by atoms with Crippen LogP contribution in [0.25, 0.3) is 0 Å². The molecule has 0 saturated carbocycles. The third-order valence-corrected chi connectivity index (χ3v) is 4.91. The number of carbonyl (C=O) groups is 1. The number of piperazine rings is 1. The molecule has 1 fully saturated rings. The summed E-state index contributed by atoms with van der Waals surface area (Å²) in [6, 6.07) is 16.0. The lowest BCUT2D eigenvalue weighted by atomic mass is 10.2. The maximum absolute atomic E-state index is 13.1. The van der Waals surface area contributed by atoms with E-state index in [-0.39, 0.29) is 11.7 Å². The summed E-state index contributed by atoms with van der Waals surface area (Å²) >= 11 is 0. The average Bonchev–Trinajstić information content (AvgIpc) is 2.74. The Balaban J connectivity index is 1.40. The van der Waals surface area contributed by atoms with Crippen molar-refractivity contribution >= 4 is 23.2 Å². The fourth-order valence-corrected chi connectivity index (χ4v) is 3.37. The van der Waals surface area contributed by atoms with E-state index >= 15 is 0 Å². The molecule has 29 heavy (non-hydrogen) atoms. The molecule has 7 heteroatoms. The summed E-state index contributed by atoms with van der Waals surface area (Å²) < 4.78 is 13.1. The summed E-state index contributed by atoms with van der Waals surface area (Å²) in [7, 11) is 0. The number of nitrogens with one attached hydrogen (secondary N) is 1. The molecular weight excluding hydrogens is 369 g/mol. The lowest BCUT2D eigenvalue weighted by molar-refractivity contribution is 0.0741. The molecule has 1 saturated heterocycles. The summed E-state index contributed by atoms with van der Waals surface area (Å²) in [4.78, 5) is 25.4. The number of aromatic nitrogens is 2. The van der Waals surface area contributed by atoms with Gasteiger partial charge in [-0.3, -0.25) is 4.79 Å². The Hall–Kier alpha value is -3.48. The Morgan fingerprint density at radius 3 is 2.52 bits per heavy atom. The zero-order chi connectivity index (χ0) is 20.2. The van der Waals surface area contributed by atoms with E-state index in [0.29, 0.717) is 37.8 Å². The van der Waals surface area contributed by atoms with Gasteiger partial charge in [-0.15, -0.1) is 0 Å². The van der Waals surface area contributed by atoms with Crippen LogP contribution in [-0.2, 0) is 0 Å². The quantitative estimate of drug-likeness (QED) is 0.736. The number of hydrogen-bond donors (Lipinski definition) is 1. The van der Waals surface area contributed by atoms with Crippen molar-refractivity contribution in [3.05, 3.63) is 77.9 Å². The topological polar surface area (TPSA) is 61.4 Å². The molecule has 0 bridgehead atoms. The predicted octanol–water partition coefficient (Wildman–Crippen LogP) is 3.63. The standard InChI is InChI=1S/C22H22FN5O/c1-16-3-2-4-18(15-16)25-22-24-10-9-20(26-22)21(29)28-13-11-27(12-14-28)19-7-5-17(23)6-8-19/h2-10,15H,11-14H2,1H3,(H,24,25,26). The molecular formula is C22H22FN5O. The minimum absolute atomic E-state index is 0.113. The highest BCUT2D eigenvalue weighted by Gasteiger charge is 2.23.